The Morgan fingerprint density at radius 1 is 1.20 bits per heavy atom. The predicted octanol–water partition coefficient (Wildman–Crippen LogP) is 3.84. The molecular formula is C15H16ClN3S. The molecule has 0 saturated carbocycles. The summed E-state index contributed by atoms with van der Waals surface area (Å²) in [5.74, 6) is 0.568. The van der Waals surface area contributed by atoms with Gasteiger partial charge in [0.25, 0.3) is 0 Å². The first-order valence-electron chi connectivity index (χ1n) is 6.27. The van der Waals surface area contributed by atoms with Crippen molar-refractivity contribution >= 4 is 34.7 Å². The zero-order valence-electron chi connectivity index (χ0n) is 11.4. The van der Waals surface area contributed by atoms with E-state index in [-0.39, 0.29) is 0 Å². The molecule has 3 nitrogen and oxygen atoms in total. The van der Waals surface area contributed by atoms with Crippen LogP contribution in [0, 0.1) is 13.8 Å². The maximum absolute atomic E-state index is 6.10. The van der Waals surface area contributed by atoms with Crippen LogP contribution in [0.15, 0.2) is 36.5 Å². The summed E-state index contributed by atoms with van der Waals surface area (Å²) in [6.07, 6.45) is 1.75. The number of benzene rings is 1. The normalized spacial score (nSPS) is 10.2. The van der Waals surface area contributed by atoms with Crippen LogP contribution < -0.4 is 10.6 Å². The molecule has 104 valence electrons. The number of halogens is 1. The quantitative estimate of drug-likeness (QED) is 0.845. The molecule has 0 radical (unpaired) electrons. The van der Waals surface area contributed by atoms with E-state index in [0.29, 0.717) is 22.5 Å². The Bertz CT molecular complexity index is 611. The second-order valence-corrected chi connectivity index (χ2v) is 5.45. The smallest absolute Gasteiger partial charge is 0.172 e. The van der Waals surface area contributed by atoms with Crippen molar-refractivity contribution in [3.63, 3.8) is 0 Å². The molecule has 0 amide bonds. The van der Waals surface area contributed by atoms with Gasteiger partial charge in [0.1, 0.15) is 0 Å². The van der Waals surface area contributed by atoms with Crippen LogP contribution in [0.25, 0.3) is 0 Å². The standard InChI is InChI=1S/C15H16ClN3S/c1-10-3-5-12(6-4-10)9-18-15(20)19-14-13(16)7-11(2)8-17-14/h3-8H,9H2,1-2H3,(H2,17,18,19,20). The van der Waals surface area contributed by atoms with Crippen LogP contribution in [0.4, 0.5) is 5.82 Å². The summed E-state index contributed by atoms with van der Waals surface area (Å²) in [5.41, 5.74) is 3.42. The highest BCUT2D eigenvalue weighted by atomic mass is 35.5. The summed E-state index contributed by atoms with van der Waals surface area (Å²) in [7, 11) is 0. The molecule has 0 bridgehead atoms. The molecule has 0 saturated heterocycles. The minimum atomic E-state index is 0.504. The Morgan fingerprint density at radius 2 is 1.90 bits per heavy atom. The van der Waals surface area contributed by atoms with E-state index >= 15 is 0 Å². The van der Waals surface area contributed by atoms with E-state index in [4.69, 9.17) is 23.8 Å². The SMILES string of the molecule is Cc1ccc(CNC(=S)Nc2ncc(C)cc2Cl)cc1. The van der Waals surface area contributed by atoms with E-state index < -0.39 is 0 Å². The fraction of sp³-hybridized carbons (Fsp3) is 0.200. The molecule has 0 fully saturated rings. The molecule has 5 heteroatoms. The van der Waals surface area contributed by atoms with Crippen LogP contribution in [0.1, 0.15) is 16.7 Å². The van der Waals surface area contributed by atoms with Crippen molar-refractivity contribution in [1.82, 2.24) is 10.3 Å². The third-order valence-electron chi connectivity index (χ3n) is 2.78. The molecule has 0 atom stereocenters. The first-order chi connectivity index (χ1) is 9.54. The van der Waals surface area contributed by atoms with Crippen LogP contribution in [-0.4, -0.2) is 10.1 Å². The predicted molar refractivity (Wildman–Crippen MR) is 88.2 cm³/mol. The molecule has 1 heterocycles. The van der Waals surface area contributed by atoms with E-state index in [9.17, 15) is 0 Å². The highest BCUT2D eigenvalue weighted by Crippen LogP contribution is 2.19. The molecular weight excluding hydrogens is 290 g/mol. The highest BCUT2D eigenvalue weighted by Gasteiger charge is 2.04. The molecule has 2 aromatic rings. The van der Waals surface area contributed by atoms with Crippen LogP contribution in [-0.2, 0) is 6.54 Å². The summed E-state index contributed by atoms with van der Waals surface area (Å²) < 4.78 is 0. The van der Waals surface area contributed by atoms with Crippen molar-refractivity contribution in [3.05, 3.63) is 58.2 Å². The molecule has 0 aliphatic heterocycles. The van der Waals surface area contributed by atoms with Gasteiger partial charge in [-0.3, -0.25) is 0 Å². The van der Waals surface area contributed by atoms with Crippen molar-refractivity contribution in [1.29, 1.82) is 0 Å². The number of anilines is 1. The third-order valence-corrected chi connectivity index (χ3v) is 3.32. The summed E-state index contributed by atoms with van der Waals surface area (Å²) >= 11 is 11.3. The van der Waals surface area contributed by atoms with E-state index in [2.05, 4.69) is 46.8 Å². The van der Waals surface area contributed by atoms with Gasteiger partial charge in [-0.2, -0.15) is 0 Å². The lowest BCUT2D eigenvalue weighted by Gasteiger charge is -2.11. The number of aryl methyl sites for hydroxylation is 2. The number of aromatic nitrogens is 1. The first-order valence-corrected chi connectivity index (χ1v) is 7.06. The molecule has 2 rings (SSSR count). The van der Waals surface area contributed by atoms with E-state index in [0.717, 1.165) is 5.56 Å². The van der Waals surface area contributed by atoms with Crippen LogP contribution in [0.5, 0.6) is 0 Å². The number of pyridine rings is 1. The van der Waals surface area contributed by atoms with Gasteiger partial charge in [0, 0.05) is 12.7 Å². The van der Waals surface area contributed by atoms with Gasteiger partial charge in [-0.05, 0) is 43.3 Å². The van der Waals surface area contributed by atoms with Crippen LogP contribution >= 0.6 is 23.8 Å². The number of nitrogens with one attached hydrogen (secondary N) is 2. The third kappa shape index (κ3) is 4.18. The van der Waals surface area contributed by atoms with Crippen molar-refractivity contribution in [2.24, 2.45) is 0 Å². The summed E-state index contributed by atoms with van der Waals surface area (Å²) in [6.45, 7) is 4.67. The summed E-state index contributed by atoms with van der Waals surface area (Å²) in [4.78, 5) is 4.21. The average Bonchev–Trinajstić information content (AvgIpc) is 2.41. The second-order valence-electron chi connectivity index (χ2n) is 4.64. The minimum Gasteiger partial charge on any atom is -0.358 e. The fourth-order valence-electron chi connectivity index (χ4n) is 1.67. The summed E-state index contributed by atoms with van der Waals surface area (Å²) in [6, 6.07) is 10.1. The lowest BCUT2D eigenvalue weighted by molar-refractivity contribution is 0.924. The topological polar surface area (TPSA) is 37.0 Å². The Kier molecular flexibility index (Phi) is 4.93. The fourth-order valence-corrected chi connectivity index (χ4v) is 2.10. The highest BCUT2D eigenvalue weighted by molar-refractivity contribution is 7.80. The number of nitrogens with zero attached hydrogens (tertiary/aromatic N) is 1. The molecule has 0 unspecified atom stereocenters. The lowest BCUT2D eigenvalue weighted by atomic mass is 10.1. The molecule has 20 heavy (non-hydrogen) atoms. The summed E-state index contributed by atoms with van der Waals surface area (Å²) in [5, 5.41) is 7.19. The molecule has 0 spiro atoms. The Labute approximate surface area is 129 Å². The van der Waals surface area contributed by atoms with Crippen molar-refractivity contribution in [2.75, 3.05) is 5.32 Å². The van der Waals surface area contributed by atoms with Gasteiger partial charge in [-0.1, -0.05) is 41.4 Å². The van der Waals surface area contributed by atoms with Gasteiger partial charge >= 0.3 is 0 Å². The van der Waals surface area contributed by atoms with Gasteiger partial charge < -0.3 is 10.6 Å². The maximum Gasteiger partial charge on any atom is 0.172 e. The molecule has 1 aromatic carbocycles. The van der Waals surface area contributed by atoms with Crippen LogP contribution in [0.3, 0.4) is 0 Å². The zero-order chi connectivity index (χ0) is 14.5. The monoisotopic (exact) mass is 305 g/mol. The van der Waals surface area contributed by atoms with Gasteiger partial charge in [-0.15, -0.1) is 0 Å². The molecule has 1 aromatic heterocycles. The van der Waals surface area contributed by atoms with Crippen molar-refractivity contribution < 1.29 is 0 Å². The maximum atomic E-state index is 6.10. The lowest BCUT2D eigenvalue weighted by Crippen LogP contribution is -2.28. The number of hydrogen-bond donors (Lipinski definition) is 2. The number of thiocarbonyl (C=S) groups is 1. The van der Waals surface area contributed by atoms with Gasteiger partial charge in [-0.25, -0.2) is 4.98 Å². The van der Waals surface area contributed by atoms with Gasteiger partial charge in [0.15, 0.2) is 10.9 Å². The van der Waals surface area contributed by atoms with Crippen LogP contribution in [0.2, 0.25) is 5.02 Å². The average molecular weight is 306 g/mol. The zero-order valence-corrected chi connectivity index (χ0v) is 13.0. The molecule has 2 N–H and O–H groups in total. The minimum absolute atomic E-state index is 0.504. The van der Waals surface area contributed by atoms with E-state index in [1.54, 1.807) is 6.20 Å². The van der Waals surface area contributed by atoms with Gasteiger partial charge in [0.2, 0.25) is 0 Å². The first kappa shape index (κ1) is 14.8. The number of rotatable bonds is 3. The van der Waals surface area contributed by atoms with E-state index in [1.807, 2.05) is 13.0 Å². The Hall–Kier alpha value is -1.65. The Balaban J connectivity index is 1.90. The molecule has 0 aliphatic rings. The number of hydrogen-bond acceptors (Lipinski definition) is 2. The Morgan fingerprint density at radius 3 is 2.55 bits per heavy atom. The molecule has 0 aliphatic carbocycles. The van der Waals surface area contributed by atoms with Crippen molar-refractivity contribution in [2.45, 2.75) is 20.4 Å². The largest absolute Gasteiger partial charge is 0.358 e. The van der Waals surface area contributed by atoms with Crippen molar-refractivity contribution in [3.8, 4) is 0 Å². The van der Waals surface area contributed by atoms with E-state index in [1.165, 1.54) is 11.1 Å². The second kappa shape index (κ2) is 6.68. The van der Waals surface area contributed by atoms with Gasteiger partial charge in [0.05, 0.1) is 5.02 Å².